The summed E-state index contributed by atoms with van der Waals surface area (Å²) in [4.78, 5) is 28.3. The van der Waals surface area contributed by atoms with Gasteiger partial charge in [0.05, 0.1) is 37.6 Å². The fraction of sp³-hybridized carbons (Fsp3) is 0.243. The fourth-order valence-corrected chi connectivity index (χ4v) is 6.31. The number of benzene rings is 3. The summed E-state index contributed by atoms with van der Waals surface area (Å²) in [5.74, 6) is -1.03. The summed E-state index contributed by atoms with van der Waals surface area (Å²) < 4.78 is 8.37. The maximum absolute atomic E-state index is 14.0. The summed E-state index contributed by atoms with van der Waals surface area (Å²) in [5.41, 5.74) is 2.07. The fourth-order valence-electron chi connectivity index (χ4n) is 6.14. The third kappa shape index (κ3) is 6.29. The van der Waals surface area contributed by atoms with E-state index in [0.717, 1.165) is 11.1 Å². The molecule has 48 heavy (non-hydrogen) atoms. The Morgan fingerprint density at radius 2 is 1.79 bits per heavy atom. The number of aromatic nitrogens is 4. The standard InChI is InChI=1S/C37H36ClN5O5/c1-25(9-6-7-19-41-23-32(39-40-41)30(24-44)27-10-4-3-5-11-27)37(47)31-21-28(38)15-18-33(31)43(36(37)46)22-26-13-16-29(17-14-26)42-20-8-12-34(48-2)35(42)45/h3-6,8-18,20-21,23,25,30,44,47H,7,19,22,24H2,1-2H3/b9-6+/t25-,30?,37+/m1/s1. The third-order valence-corrected chi connectivity index (χ3v) is 9.06. The monoisotopic (exact) mass is 665 g/mol. The van der Waals surface area contributed by atoms with E-state index in [0.29, 0.717) is 40.6 Å². The van der Waals surface area contributed by atoms with Gasteiger partial charge in [-0.05, 0) is 60.0 Å². The lowest BCUT2D eigenvalue weighted by Crippen LogP contribution is -2.44. The average molecular weight is 666 g/mol. The molecule has 5 aromatic rings. The van der Waals surface area contributed by atoms with E-state index in [-0.39, 0.29) is 30.4 Å². The van der Waals surface area contributed by atoms with Crippen LogP contribution in [-0.2, 0) is 23.5 Å². The van der Waals surface area contributed by atoms with Crippen LogP contribution >= 0.6 is 11.6 Å². The number of aliphatic hydroxyl groups excluding tert-OH is 1. The zero-order chi connectivity index (χ0) is 33.8. The normalized spacial score (nSPS) is 17.1. The molecule has 3 aromatic carbocycles. The molecule has 0 aliphatic carbocycles. The molecule has 1 aliphatic rings. The van der Waals surface area contributed by atoms with Gasteiger partial charge in [0.25, 0.3) is 11.5 Å². The molecule has 0 saturated carbocycles. The minimum Gasteiger partial charge on any atom is -0.491 e. The molecule has 0 bridgehead atoms. The van der Waals surface area contributed by atoms with E-state index in [2.05, 4.69) is 10.3 Å². The lowest BCUT2D eigenvalue weighted by molar-refractivity contribution is -0.139. The molecule has 0 spiro atoms. The van der Waals surface area contributed by atoms with Crippen molar-refractivity contribution in [2.75, 3.05) is 18.6 Å². The van der Waals surface area contributed by atoms with Gasteiger partial charge in [0.15, 0.2) is 11.4 Å². The first kappa shape index (κ1) is 32.9. The molecular formula is C37H36ClN5O5. The van der Waals surface area contributed by atoms with Crippen LogP contribution in [0.4, 0.5) is 5.69 Å². The van der Waals surface area contributed by atoms with Crippen molar-refractivity contribution in [1.29, 1.82) is 0 Å². The molecule has 1 amide bonds. The summed E-state index contributed by atoms with van der Waals surface area (Å²) >= 11 is 6.36. The molecule has 11 heteroatoms. The number of aryl methyl sites for hydroxylation is 1. The Hall–Kier alpha value is -5.03. The van der Waals surface area contributed by atoms with Gasteiger partial charge in [0, 0.05) is 41.1 Å². The maximum Gasteiger partial charge on any atom is 0.297 e. The van der Waals surface area contributed by atoms with Crippen molar-refractivity contribution >= 4 is 23.2 Å². The van der Waals surface area contributed by atoms with Gasteiger partial charge in [-0.15, -0.1) is 5.10 Å². The highest BCUT2D eigenvalue weighted by atomic mass is 35.5. The number of carbonyl (C=O) groups excluding carboxylic acids is 1. The molecule has 1 unspecified atom stereocenters. The highest BCUT2D eigenvalue weighted by molar-refractivity contribution is 6.31. The first-order chi connectivity index (χ1) is 23.2. The Bertz CT molecular complexity index is 1990. The lowest BCUT2D eigenvalue weighted by Gasteiger charge is -2.27. The number of hydrogen-bond donors (Lipinski definition) is 2. The molecule has 0 fully saturated rings. The van der Waals surface area contributed by atoms with Gasteiger partial charge in [-0.25, -0.2) is 0 Å². The van der Waals surface area contributed by atoms with E-state index >= 15 is 0 Å². The van der Waals surface area contributed by atoms with Gasteiger partial charge >= 0.3 is 0 Å². The number of aliphatic hydroxyl groups is 2. The van der Waals surface area contributed by atoms with Crippen LogP contribution in [0, 0.1) is 5.92 Å². The van der Waals surface area contributed by atoms with E-state index in [9.17, 15) is 19.8 Å². The SMILES string of the molecule is COc1cccn(-c2ccc(CN3C(=O)[C@](O)([C@H](C)/C=C/CCn4cc(C(CO)c5ccccc5)nn4)c4cc(Cl)ccc43)cc2)c1=O. The van der Waals surface area contributed by atoms with Gasteiger partial charge in [-0.1, -0.05) is 78.4 Å². The van der Waals surface area contributed by atoms with E-state index in [1.54, 1.807) is 58.2 Å². The van der Waals surface area contributed by atoms with Crippen molar-refractivity contribution in [3.8, 4) is 11.4 Å². The second-order valence-electron chi connectivity index (χ2n) is 11.8. The summed E-state index contributed by atoms with van der Waals surface area (Å²) in [7, 11) is 1.45. The van der Waals surface area contributed by atoms with E-state index in [1.165, 1.54) is 11.7 Å². The molecule has 0 saturated heterocycles. The van der Waals surface area contributed by atoms with E-state index in [4.69, 9.17) is 16.3 Å². The Kier molecular flexibility index (Phi) is 9.58. The van der Waals surface area contributed by atoms with E-state index < -0.39 is 17.4 Å². The van der Waals surface area contributed by atoms with Gasteiger partial charge < -0.3 is 19.8 Å². The number of carbonyl (C=O) groups is 1. The summed E-state index contributed by atoms with van der Waals surface area (Å²) in [6.45, 7) is 2.47. The molecule has 2 aromatic heterocycles. The molecule has 1 aliphatic heterocycles. The number of anilines is 1. The first-order valence-electron chi connectivity index (χ1n) is 15.7. The quantitative estimate of drug-likeness (QED) is 0.175. The topological polar surface area (TPSA) is 123 Å². The number of halogens is 1. The lowest BCUT2D eigenvalue weighted by atomic mass is 9.83. The molecule has 10 nitrogen and oxygen atoms in total. The zero-order valence-electron chi connectivity index (χ0n) is 26.6. The number of methoxy groups -OCH3 is 1. The molecule has 6 rings (SSSR count). The van der Waals surface area contributed by atoms with Crippen molar-refractivity contribution in [3.63, 3.8) is 0 Å². The number of amides is 1. The van der Waals surface area contributed by atoms with Crippen LogP contribution in [-0.4, -0.2) is 49.4 Å². The summed E-state index contributed by atoms with van der Waals surface area (Å²) in [6.07, 6.45) is 7.84. The number of ether oxygens (including phenoxy) is 1. The molecule has 3 atom stereocenters. The van der Waals surface area contributed by atoms with E-state index in [1.807, 2.05) is 67.7 Å². The molecule has 3 heterocycles. The van der Waals surface area contributed by atoms with Gasteiger partial charge in [-0.2, -0.15) is 0 Å². The Morgan fingerprint density at radius 1 is 1.02 bits per heavy atom. The van der Waals surface area contributed by atoms with Gasteiger partial charge in [0.2, 0.25) is 0 Å². The summed E-state index contributed by atoms with van der Waals surface area (Å²) in [6, 6.07) is 25.5. The second kappa shape index (κ2) is 14.0. The van der Waals surface area contributed by atoms with Crippen LogP contribution in [0.5, 0.6) is 5.75 Å². The van der Waals surface area contributed by atoms with Crippen molar-refractivity contribution in [2.45, 2.75) is 38.0 Å². The minimum absolute atomic E-state index is 0.0782. The van der Waals surface area contributed by atoms with Crippen LogP contribution in [0.25, 0.3) is 5.69 Å². The van der Waals surface area contributed by atoms with Crippen molar-refractivity contribution < 1.29 is 19.7 Å². The van der Waals surface area contributed by atoms with Crippen molar-refractivity contribution in [3.05, 3.63) is 147 Å². The highest BCUT2D eigenvalue weighted by Crippen LogP contribution is 2.46. The van der Waals surface area contributed by atoms with Crippen molar-refractivity contribution in [2.24, 2.45) is 5.92 Å². The summed E-state index contributed by atoms with van der Waals surface area (Å²) in [5, 5.41) is 30.9. The van der Waals surface area contributed by atoms with Crippen molar-refractivity contribution in [1.82, 2.24) is 19.6 Å². The van der Waals surface area contributed by atoms with Gasteiger partial charge in [0.1, 0.15) is 0 Å². The number of fused-ring (bicyclic) bond motifs is 1. The Labute approximate surface area is 283 Å². The number of nitrogens with zero attached hydrogens (tertiary/aromatic N) is 5. The number of allylic oxidation sites excluding steroid dienone is 1. The Balaban J connectivity index is 1.16. The number of pyridine rings is 1. The maximum atomic E-state index is 14.0. The highest BCUT2D eigenvalue weighted by Gasteiger charge is 2.52. The zero-order valence-corrected chi connectivity index (χ0v) is 27.4. The molecular weight excluding hydrogens is 630 g/mol. The smallest absolute Gasteiger partial charge is 0.297 e. The van der Waals surface area contributed by atoms with Crippen LogP contribution in [0.3, 0.4) is 0 Å². The minimum atomic E-state index is -1.82. The molecule has 2 N–H and O–H groups in total. The van der Waals surface area contributed by atoms with Gasteiger partial charge in [-0.3, -0.25) is 18.8 Å². The Morgan fingerprint density at radius 3 is 2.52 bits per heavy atom. The molecule has 0 radical (unpaired) electrons. The number of hydrogen-bond acceptors (Lipinski definition) is 7. The predicted octanol–water partition coefficient (Wildman–Crippen LogP) is 5.23. The van der Waals surface area contributed by atoms with Crippen LogP contribution in [0.1, 0.15) is 41.6 Å². The largest absolute Gasteiger partial charge is 0.491 e. The second-order valence-corrected chi connectivity index (χ2v) is 12.2. The predicted molar refractivity (Wildman–Crippen MR) is 183 cm³/mol. The number of rotatable bonds is 12. The average Bonchev–Trinajstić information content (AvgIpc) is 3.65. The third-order valence-electron chi connectivity index (χ3n) is 8.83. The van der Waals surface area contributed by atoms with Crippen LogP contribution in [0.2, 0.25) is 5.02 Å². The van der Waals surface area contributed by atoms with Crippen LogP contribution < -0.4 is 15.2 Å². The first-order valence-corrected chi connectivity index (χ1v) is 16.0. The van der Waals surface area contributed by atoms with Crippen LogP contribution in [0.15, 0.2) is 114 Å². The molecule has 246 valence electrons.